The molecule has 1 aliphatic rings. The Bertz CT molecular complexity index is 755. The predicted molar refractivity (Wildman–Crippen MR) is 107 cm³/mol. The Kier molecular flexibility index (Phi) is 6.95. The average molecular weight is 387 g/mol. The van der Waals surface area contributed by atoms with Crippen LogP contribution in [-0.2, 0) is 11.3 Å². The van der Waals surface area contributed by atoms with Crippen molar-refractivity contribution in [1.29, 1.82) is 0 Å². The first-order valence-corrected chi connectivity index (χ1v) is 9.57. The van der Waals surface area contributed by atoms with Crippen molar-refractivity contribution in [1.82, 2.24) is 15.1 Å². The number of amides is 1. The second kappa shape index (κ2) is 9.61. The summed E-state index contributed by atoms with van der Waals surface area (Å²) in [5, 5.41) is 2.99. The van der Waals surface area contributed by atoms with Gasteiger partial charge in [-0.15, -0.1) is 0 Å². The van der Waals surface area contributed by atoms with Crippen LogP contribution in [0.1, 0.15) is 24.3 Å². The molecule has 2 aromatic rings. The largest absolute Gasteiger partial charge is 0.493 e. The molecular weight excluding hydrogens is 358 g/mol. The van der Waals surface area contributed by atoms with E-state index >= 15 is 0 Å². The summed E-state index contributed by atoms with van der Waals surface area (Å²) in [4.78, 5) is 16.9. The number of rotatable bonds is 8. The van der Waals surface area contributed by atoms with Crippen LogP contribution in [0.5, 0.6) is 11.5 Å². The zero-order chi connectivity index (χ0) is 19.9. The molecule has 7 heteroatoms. The number of carbonyl (C=O) groups excluding carboxylic acids is 1. The summed E-state index contributed by atoms with van der Waals surface area (Å²) in [6.45, 7) is 6.79. The maximum atomic E-state index is 12.3. The molecule has 0 saturated carbocycles. The van der Waals surface area contributed by atoms with Gasteiger partial charge in [0.15, 0.2) is 11.5 Å². The van der Waals surface area contributed by atoms with Gasteiger partial charge in [-0.1, -0.05) is 6.07 Å². The Morgan fingerprint density at radius 3 is 2.46 bits per heavy atom. The smallest absolute Gasteiger partial charge is 0.234 e. The van der Waals surface area contributed by atoms with Gasteiger partial charge in [0, 0.05) is 32.7 Å². The molecule has 1 aliphatic heterocycles. The highest BCUT2D eigenvalue weighted by atomic mass is 16.5. The van der Waals surface area contributed by atoms with Gasteiger partial charge in [-0.05, 0) is 36.8 Å². The minimum Gasteiger partial charge on any atom is -0.493 e. The van der Waals surface area contributed by atoms with Gasteiger partial charge in [-0.2, -0.15) is 0 Å². The van der Waals surface area contributed by atoms with E-state index in [1.54, 1.807) is 20.5 Å². The second-order valence-corrected chi connectivity index (χ2v) is 7.05. The first kappa shape index (κ1) is 20.2. The third kappa shape index (κ3) is 5.27. The molecule has 1 amide bonds. The topological polar surface area (TPSA) is 67.2 Å². The minimum atomic E-state index is -0.117. The third-order valence-electron chi connectivity index (χ3n) is 5.03. The van der Waals surface area contributed by atoms with E-state index in [0.717, 1.165) is 50.0 Å². The first-order chi connectivity index (χ1) is 13.6. The highest BCUT2D eigenvalue weighted by Gasteiger charge is 2.20. The first-order valence-electron chi connectivity index (χ1n) is 9.57. The summed E-state index contributed by atoms with van der Waals surface area (Å²) in [5.74, 6) is 2.29. The maximum Gasteiger partial charge on any atom is 0.234 e. The number of ether oxygens (including phenoxy) is 2. The van der Waals surface area contributed by atoms with Gasteiger partial charge in [0.1, 0.15) is 5.76 Å². The van der Waals surface area contributed by atoms with E-state index in [9.17, 15) is 4.79 Å². The lowest BCUT2D eigenvalue weighted by molar-refractivity contribution is -0.123. The molecular formula is C21H29N3O4. The number of nitrogens with zero attached hydrogens (tertiary/aromatic N) is 2. The molecule has 7 nitrogen and oxygen atoms in total. The Hall–Kier alpha value is -2.51. The zero-order valence-electron chi connectivity index (χ0n) is 16.8. The van der Waals surface area contributed by atoms with Crippen molar-refractivity contribution >= 4 is 5.91 Å². The van der Waals surface area contributed by atoms with Crippen molar-refractivity contribution in [2.75, 3.05) is 46.9 Å². The standard InChI is InChI=1S/C21H29N3O4/c1-16(18-5-4-12-28-18)22-21(25)15-24-10-8-23(9-11-24)14-17-6-7-19(26-2)20(13-17)27-3/h4-7,12-13,16H,8-11,14-15H2,1-3H3,(H,22,25)/t16-/m1/s1. The fourth-order valence-corrected chi connectivity index (χ4v) is 3.44. The summed E-state index contributed by atoms with van der Waals surface area (Å²) >= 11 is 0. The van der Waals surface area contributed by atoms with Crippen LogP contribution in [0.4, 0.5) is 0 Å². The molecule has 1 aromatic heterocycles. The van der Waals surface area contributed by atoms with Gasteiger partial charge >= 0.3 is 0 Å². The summed E-state index contributed by atoms with van der Waals surface area (Å²) in [5.41, 5.74) is 1.19. The van der Waals surface area contributed by atoms with Gasteiger partial charge in [-0.25, -0.2) is 0 Å². The molecule has 1 N–H and O–H groups in total. The Morgan fingerprint density at radius 1 is 1.11 bits per heavy atom. The molecule has 28 heavy (non-hydrogen) atoms. The van der Waals surface area contributed by atoms with Crippen LogP contribution in [-0.4, -0.2) is 62.7 Å². The van der Waals surface area contributed by atoms with Gasteiger partial charge in [0.2, 0.25) is 5.91 Å². The molecule has 0 spiro atoms. The van der Waals surface area contributed by atoms with E-state index in [-0.39, 0.29) is 11.9 Å². The Balaban J connectivity index is 1.43. The Morgan fingerprint density at radius 2 is 1.82 bits per heavy atom. The van der Waals surface area contributed by atoms with E-state index in [1.165, 1.54) is 5.56 Å². The van der Waals surface area contributed by atoms with Crippen LogP contribution in [0, 0.1) is 0 Å². The lowest BCUT2D eigenvalue weighted by Crippen LogP contribution is -2.49. The number of nitrogens with one attached hydrogen (secondary N) is 1. The molecule has 2 heterocycles. The summed E-state index contributed by atoms with van der Waals surface area (Å²) < 4.78 is 16.0. The Labute approximate surface area is 166 Å². The highest BCUT2D eigenvalue weighted by Crippen LogP contribution is 2.28. The minimum absolute atomic E-state index is 0.0252. The second-order valence-electron chi connectivity index (χ2n) is 7.05. The maximum absolute atomic E-state index is 12.3. The van der Waals surface area contributed by atoms with Crippen molar-refractivity contribution in [2.45, 2.75) is 19.5 Å². The quantitative estimate of drug-likeness (QED) is 0.750. The molecule has 0 unspecified atom stereocenters. The molecule has 1 saturated heterocycles. The van der Waals surface area contributed by atoms with E-state index in [4.69, 9.17) is 13.9 Å². The normalized spacial score (nSPS) is 16.5. The molecule has 1 aromatic carbocycles. The van der Waals surface area contributed by atoms with Crippen molar-refractivity contribution < 1.29 is 18.7 Å². The van der Waals surface area contributed by atoms with Crippen LogP contribution in [0.25, 0.3) is 0 Å². The van der Waals surface area contributed by atoms with E-state index < -0.39 is 0 Å². The van der Waals surface area contributed by atoms with Crippen molar-refractivity contribution in [3.8, 4) is 11.5 Å². The fraction of sp³-hybridized carbons (Fsp3) is 0.476. The zero-order valence-corrected chi connectivity index (χ0v) is 16.8. The van der Waals surface area contributed by atoms with E-state index in [2.05, 4.69) is 21.2 Å². The molecule has 152 valence electrons. The number of methoxy groups -OCH3 is 2. The van der Waals surface area contributed by atoms with Gasteiger partial charge in [0.05, 0.1) is 33.1 Å². The molecule has 1 fully saturated rings. The summed E-state index contributed by atoms with van der Waals surface area (Å²) in [7, 11) is 3.29. The average Bonchev–Trinajstić information content (AvgIpc) is 3.24. The highest BCUT2D eigenvalue weighted by molar-refractivity contribution is 5.78. The fourth-order valence-electron chi connectivity index (χ4n) is 3.44. The number of hydrogen-bond donors (Lipinski definition) is 1. The predicted octanol–water partition coefficient (Wildman–Crippen LogP) is 2.29. The number of piperazine rings is 1. The van der Waals surface area contributed by atoms with Crippen LogP contribution in [0.2, 0.25) is 0 Å². The van der Waals surface area contributed by atoms with Crippen molar-refractivity contribution in [2.24, 2.45) is 0 Å². The number of hydrogen-bond acceptors (Lipinski definition) is 6. The van der Waals surface area contributed by atoms with Crippen LogP contribution < -0.4 is 14.8 Å². The molecule has 0 bridgehead atoms. The van der Waals surface area contributed by atoms with Gasteiger partial charge in [0.25, 0.3) is 0 Å². The van der Waals surface area contributed by atoms with Crippen molar-refractivity contribution in [3.05, 3.63) is 47.9 Å². The molecule has 1 atom stereocenters. The van der Waals surface area contributed by atoms with E-state index in [0.29, 0.717) is 6.54 Å². The summed E-state index contributed by atoms with van der Waals surface area (Å²) in [6, 6.07) is 9.61. The SMILES string of the molecule is COc1ccc(CN2CCN(CC(=O)N[C@H](C)c3ccco3)CC2)cc1OC. The number of furan rings is 1. The summed E-state index contributed by atoms with van der Waals surface area (Å²) in [6.07, 6.45) is 1.62. The van der Waals surface area contributed by atoms with Crippen LogP contribution >= 0.6 is 0 Å². The third-order valence-corrected chi connectivity index (χ3v) is 5.03. The monoisotopic (exact) mass is 387 g/mol. The molecule has 0 radical (unpaired) electrons. The number of carbonyl (C=O) groups is 1. The van der Waals surface area contributed by atoms with Crippen LogP contribution in [0.3, 0.4) is 0 Å². The molecule has 0 aliphatic carbocycles. The van der Waals surface area contributed by atoms with E-state index in [1.807, 2.05) is 31.2 Å². The van der Waals surface area contributed by atoms with Crippen LogP contribution in [0.15, 0.2) is 41.0 Å². The van der Waals surface area contributed by atoms with Crippen molar-refractivity contribution in [3.63, 3.8) is 0 Å². The molecule has 3 rings (SSSR count). The van der Waals surface area contributed by atoms with Gasteiger partial charge in [-0.3, -0.25) is 14.6 Å². The lowest BCUT2D eigenvalue weighted by atomic mass is 10.1. The van der Waals surface area contributed by atoms with Gasteiger partial charge < -0.3 is 19.2 Å². The lowest BCUT2D eigenvalue weighted by Gasteiger charge is -2.34. The number of benzene rings is 1.